The molecule has 0 radical (unpaired) electrons. The largest absolute Gasteiger partial charge is 0.479 e. The summed E-state index contributed by atoms with van der Waals surface area (Å²) >= 11 is 0. The van der Waals surface area contributed by atoms with Crippen molar-refractivity contribution in [1.29, 1.82) is 0 Å². The Morgan fingerprint density at radius 1 is 1.43 bits per heavy atom. The highest BCUT2D eigenvalue weighted by Gasteiger charge is 2.44. The van der Waals surface area contributed by atoms with Gasteiger partial charge in [-0.25, -0.2) is 4.79 Å². The van der Waals surface area contributed by atoms with Crippen LogP contribution in [0.25, 0.3) is 0 Å². The average molecular weight is 322 g/mol. The molecule has 1 aliphatic rings. The molecule has 1 aromatic carbocycles. The quantitative estimate of drug-likeness (QED) is 0.629. The number of carbonyl (C=O) groups excluding carboxylic acids is 1. The molecule has 0 bridgehead atoms. The van der Waals surface area contributed by atoms with Crippen molar-refractivity contribution in [3.63, 3.8) is 0 Å². The lowest BCUT2D eigenvalue weighted by Gasteiger charge is -2.23. The smallest absolute Gasteiger partial charge is 0.331 e. The summed E-state index contributed by atoms with van der Waals surface area (Å²) in [7, 11) is 0. The average Bonchev–Trinajstić information content (AvgIpc) is 2.96. The van der Waals surface area contributed by atoms with E-state index in [2.05, 4.69) is 5.32 Å². The molecule has 2 rings (SSSR count). The van der Waals surface area contributed by atoms with Gasteiger partial charge in [0.1, 0.15) is 0 Å². The predicted octanol–water partition coefficient (Wildman–Crippen LogP) is 1.69. The maximum absolute atomic E-state index is 12.3. The van der Waals surface area contributed by atoms with Gasteiger partial charge in [0.25, 0.3) is 11.6 Å². The number of carboxylic acid groups (broad SMARTS) is 1. The van der Waals surface area contributed by atoms with E-state index >= 15 is 0 Å². The number of nitrogens with one attached hydrogen (secondary N) is 1. The van der Waals surface area contributed by atoms with Crippen LogP contribution >= 0.6 is 0 Å². The van der Waals surface area contributed by atoms with E-state index in [1.165, 1.54) is 18.2 Å². The third-order valence-electron chi connectivity index (χ3n) is 3.90. The van der Waals surface area contributed by atoms with Gasteiger partial charge in [0.05, 0.1) is 11.5 Å². The SMILES string of the molecule is CC(C)c1ccc(C(=O)NC2(C(=O)O)CCOC2)cc1[N+](=O)[O-]. The second-order valence-corrected chi connectivity index (χ2v) is 5.83. The number of nitro benzene ring substituents is 1. The standard InChI is InChI=1S/C15H18N2O6/c1-9(2)11-4-3-10(7-12(11)17(21)22)13(18)16-15(14(19)20)5-6-23-8-15/h3-4,7,9H,5-6,8H2,1-2H3,(H,16,18)(H,19,20). The van der Waals surface area contributed by atoms with E-state index in [1.54, 1.807) is 0 Å². The van der Waals surface area contributed by atoms with Crippen LogP contribution in [-0.2, 0) is 9.53 Å². The van der Waals surface area contributed by atoms with E-state index in [9.17, 15) is 24.8 Å². The van der Waals surface area contributed by atoms with Gasteiger partial charge in [-0.3, -0.25) is 14.9 Å². The molecule has 2 N–H and O–H groups in total. The predicted molar refractivity (Wildman–Crippen MR) is 80.5 cm³/mol. The van der Waals surface area contributed by atoms with Crippen LogP contribution in [0.1, 0.15) is 42.1 Å². The Bertz CT molecular complexity index is 649. The van der Waals surface area contributed by atoms with Gasteiger partial charge in [-0.05, 0) is 12.0 Å². The fraction of sp³-hybridized carbons (Fsp3) is 0.467. The summed E-state index contributed by atoms with van der Waals surface area (Å²) in [6, 6.07) is 4.16. The number of hydrogen-bond acceptors (Lipinski definition) is 5. The summed E-state index contributed by atoms with van der Waals surface area (Å²) in [4.78, 5) is 34.4. The third kappa shape index (κ3) is 3.31. The number of nitro groups is 1. The first-order valence-corrected chi connectivity index (χ1v) is 7.19. The summed E-state index contributed by atoms with van der Waals surface area (Å²) in [5.41, 5.74) is -1.07. The molecule has 1 unspecified atom stereocenters. The number of carboxylic acids is 1. The number of carbonyl (C=O) groups is 2. The molecule has 1 fully saturated rings. The van der Waals surface area contributed by atoms with Crippen molar-refractivity contribution in [1.82, 2.24) is 5.32 Å². The van der Waals surface area contributed by atoms with Gasteiger partial charge in [-0.15, -0.1) is 0 Å². The fourth-order valence-corrected chi connectivity index (χ4v) is 2.51. The molecule has 1 saturated heterocycles. The molecule has 0 saturated carbocycles. The van der Waals surface area contributed by atoms with Crippen LogP contribution in [0.4, 0.5) is 5.69 Å². The molecule has 8 nitrogen and oxygen atoms in total. The molecule has 23 heavy (non-hydrogen) atoms. The van der Waals surface area contributed by atoms with Crippen LogP contribution in [0.5, 0.6) is 0 Å². The Hall–Kier alpha value is -2.48. The first-order valence-electron chi connectivity index (χ1n) is 7.19. The number of aliphatic carboxylic acids is 1. The summed E-state index contributed by atoms with van der Waals surface area (Å²) in [6.45, 7) is 3.74. The molecule has 1 amide bonds. The van der Waals surface area contributed by atoms with Crippen molar-refractivity contribution in [2.24, 2.45) is 0 Å². The molecule has 1 heterocycles. The summed E-state index contributed by atoms with van der Waals surface area (Å²) in [5.74, 6) is -1.92. The number of rotatable bonds is 5. The van der Waals surface area contributed by atoms with Gasteiger partial charge < -0.3 is 15.2 Å². The second kappa shape index (κ2) is 6.33. The Kier molecular flexibility index (Phi) is 4.65. The Morgan fingerprint density at radius 2 is 2.13 bits per heavy atom. The van der Waals surface area contributed by atoms with Crippen molar-refractivity contribution in [3.8, 4) is 0 Å². The summed E-state index contributed by atoms with van der Waals surface area (Å²) in [5, 5.41) is 22.9. The van der Waals surface area contributed by atoms with Gasteiger partial charge in [0.2, 0.25) is 0 Å². The highest BCUT2D eigenvalue weighted by Crippen LogP contribution is 2.28. The van der Waals surface area contributed by atoms with Crippen molar-refractivity contribution in [2.75, 3.05) is 13.2 Å². The van der Waals surface area contributed by atoms with E-state index in [0.717, 1.165) is 0 Å². The fourth-order valence-electron chi connectivity index (χ4n) is 2.51. The highest BCUT2D eigenvalue weighted by atomic mass is 16.6. The zero-order valence-corrected chi connectivity index (χ0v) is 12.9. The van der Waals surface area contributed by atoms with Gasteiger partial charge in [0.15, 0.2) is 5.54 Å². The van der Waals surface area contributed by atoms with Crippen molar-refractivity contribution in [2.45, 2.75) is 31.7 Å². The van der Waals surface area contributed by atoms with E-state index in [0.29, 0.717) is 5.56 Å². The molecule has 124 valence electrons. The monoisotopic (exact) mass is 322 g/mol. The number of amides is 1. The molecular weight excluding hydrogens is 304 g/mol. The summed E-state index contributed by atoms with van der Waals surface area (Å²) < 4.78 is 5.07. The zero-order chi connectivity index (χ0) is 17.2. The Morgan fingerprint density at radius 3 is 2.61 bits per heavy atom. The summed E-state index contributed by atoms with van der Waals surface area (Å²) in [6.07, 6.45) is 0.153. The molecule has 0 spiro atoms. The molecule has 0 aliphatic carbocycles. The van der Waals surface area contributed by atoms with Crippen molar-refractivity contribution >= 4 is 17.6 Å². The van der Waals surface area contributed by atoms with E-state index in [-0.39, 0.29) is 36.8 Å². The van der Waals surface area contributed by atoms with Gasteiger partial charge in [-0.1, -0.05) is 19.9 Å². The lowest BCUT2D eigenvalue weighted by Crippen LogP contribution is -2.55. The van der Waals surface area contributed by atoms with Crippen molar-refractivity contribution in [3.05, 3.63) is 39.4 Å². The van der Waals surface area contributed by atoms with Crippen LogP contribution in [0.2, 0.25) is 0 Å². The molecular formula is C15H18N2O6. The molecule has 1 aliphatic heterocycles. The van der Waals surface area contributed by atoms with E-state index in [4.69, 9.17) is 4.74 Å². The maximum atomic E-state index is 12.3. The van der Waals surface area contributed by atoms with Gasteiger partial charge >= 0.3 is 5.97 Å². The lowest BCUT2D eigenvalue weighted by atomic mass is 9.96. The number of nitrogens with zero attached hydrogens (tertiary/aromatic N) is 1. The lowest BCUT2D eigenvalue weighted by molar-refractivity contribution is -0.385. The number of benzene rings is 1. The molecule has 1 atom stereocenters. The molecule has 0 aromatic heterocycles. The van der Waals surface area contributed by atoms with Crippen LogP contribution in [-0.4, -0.2) is 40.7 Å². The Labute approximate surface area is 132 Å². The maximum Gasteiger partial charge on any atom is 0.331 e. The van der Waals surface area contributed by atoms with E-state index in [1.807, 2.05) is 13.8 Å². The van der Waals surface area contributed by atoms with Crippen LogP contribution in [0, 0.1) is 10.1 Å². The highest BCUT2D eigenvalue weighted by molar-refractivity contribution is 5.98. The minimum atomic E-state index is -1.48. The molecule has 1 aromatic rings. The normalized spacial score (nSPS) is 20.5. The third-order valence-corrected chi connectivity index (χ3v) is 3.90. The van der Waals surface area contributed by atoms with E-state index < -0.39 is 22.3 Å². The van der Waals surface area contributed by atoms with Crippen molar-refractivity contribution < 1.29 is 24.4 Å². The molecule has 8 heteroatoms. The van der Waals surface area contributed by atoms with Crippen LogP contribution < -0.4 is 5.32 Å². The first-order chi connectivity index (χ1) is 10.8. The minimum Gasteiger partial charge on any atom is -0.479 e. The van der Waals surface area contributed by atoms with Crippen LogP contribution in [0.3, 0.4) is 0 Å². The van der Waals surface area contributed by atoms with Gasteiger partial charge in [-0.2, -0.15) is 0 Å². The zero-order valence-electron chi connectivity index (χ0n) is 12.9. The second-order valence-electron chi connectivity index (χ2n) is 5.83. The van der Waals surface area contributed by atoms with Crippen LogP contribution in [0.15, 0.2) is 18.2 Å². The topological polar surface area (TPSA) is 119 Å². The van der Waals surface area contributed by atoms with Gasteiger partial charge in [0, 0.05) is 30.2 Å². The minimum absolute atomic E-state index is 0.0497. The first kappa shape index (κ1) is 16.9. The number of hydrogen-bond donors (Lipinski definition) is 2. The Balaban J connectivity index is 2.31. The number of ether oxygens (including phenoxy) is 1.